The second-order valence-electron chi connectivity index (χ2n) is 4.47. The molecule has 1 aromatic rings. The minimum absolute atomic E-state index is 0.0578. The van der Waals surface area contributed by atoms with Crippen LogP contribution in [0.25, 0.3) is 0 Å². The van der Waals surface area contributed by atoms with Crippen LogP contribution in [0.4, 0.5) is 4.39 Å². The summed E-state index contributed by atoms with van der Waals surface area (Å²) in [6, 6.07) is 4.42. The summed E-state index contributed by atoms with van der Waals surface area (Å²) in [5, 5.41) is 0. The first kappa shape index (κ1) is 17.1. The van der Waals surface area contributed by atoms with Crippen LogP contribution in [0.15, 0.2) is 18.2 Å². The molecule has 0 N–H and O–H groups in total. The van der Waals surface area contributed by atoms with Crippen LogP contribution in [0.1, 0.15) is 44.0 Å². The lowest BCUT2D eigenvalue weighted by molar-refractivity contribution is -0.122. The molecular formula is C16H21FO4. The molecule has 5 heteroatoms. The molecule has 0 bridgehead atoms. The smallest absolute Gasteiger partial charge is 0.220 e. The Morgan fingerprint density at radius 2 is 1.71 bits per heavy atom. The first-order valence-electron chi connectivity index (χ1n) is 7.15. The Labute approximate surface area is 124 Å². The summed E-state index contributed by atoms with van der Waals surface area (Å²) >= 11 is 0. The molecule has 1 rings (SSSR count). The highest BCUT2D eigenvalue weighted by atomic mass is 19.1. The number of ether oxygens (including phenoxy) is 2. The minimum atomic E-state index is -2.11. The number of benzene rings is 1. The SMILES string of the molecule is CCCC(=O)C(F)C(=O)c1ccc(OCC)c(OCC)c1. The quantitative estimate of drug-likeness (QED) is 0.518. The van der Waals surface area contributed by atoms with Crippen LogP contribution in [-0.2, 0) is 4.79 Å². The van der Waals surface area contributed by atoms with E-state index in [0.717, 1.165) is 0 Å². The molecule has 0 amide bonds. The number of hydrogen-bond acceptors (Lipinski definition) is 4. The van der Waals surface area contributed by atoms with Crippen LogP contribution in [0.2, 0.25) is 0 Å². The van der Waals surface area contributed by atoms with Crippen molar-refractivity contribution in [3.63, 3.8) is 0 Å². The zero-order chi connectivity index (χ0) is 15.8. The van der Waals surface area contributed by atoms with Crippen molar-refractivity contribution in [1.29, 1.82) is 0 Å². The Balaban J connectivity index is 2.99. The molecule has 0 aromatic heterocycles. The minimum Gasteiger partial charge on any atom is -0.490 e. The fraction of sp³-hybridized carbons (Fsp3) is 0.500. The molecule has 0 radical (unpaired) electrons. The Morgan fingerprint density at radius 3 is 2.29 bits per heavy atom. The Kier molecular flexibility index (Phi) is 6.85. The van der Waals surface area contributed by atoms with Crippen LogP contribution < -0.4 is 9.47 Å². The monoisotopic (exact) mass is 296 g/mol. The normalized spacial score (nSPS) is 11.8. The van der Waals surface area contributed by atoms with Gasteiger partial charge in [-0.15, -0.1) is 0 Å². The van der Waals surface area contributed by atoms with Gasteiger partial charge in [0, 0.05) is 12.0 Å². The van der Waals surface area contributed by atoms with Crippen molar-refractivity contribution < 1.29 is 23.5 Å². The number of ketones is 2. The van der Waals surface area contributed by atoms with E-state index in [1.807, 2.05) is 6.92 Å². The number of alkyl halides is 1. The third kappa shape index (κ3) is 4.55. The zero-order valence-corrected chi connectivity index (χ0v) is 12.6. The van der Waals surface area contributed by atoms with Crippen molar-refractivity contribution >= 4 is 11.6 Å². The molecule has 0 aliphatic carbocycles. The van der Waals surface area contributed by atoms with E-state index in [1.165, 1.54) is 12.1 Å². The second kappa shape index (κ2) is 8.39. The summed E-state index contributed by atoms with van der Waals surface area (Å²) in [5.41, 5.74) is 0.110. The number of Topliss-reactive ketones (excluding diaryl/α,β-unsaturated/α-hetero) is 2. The maximum atomic E-state index is 13.9. The van der Waals surface area contributed by atoms with Gasteiger partial charge >= 0.3 is 0 Å². The molecule has 0 aliphatic heterocycles. The molecule has 4 nitrogen and oxygen atoms in total. The molecule has 0 saturated carbocycles. The van der Waals surface area contributed by atoms with Gasteiger partial charge in [-0.05, 0) is 38.5 Å². The van der Waals surface area contributed by atoms with Crippen molar-refractivity contribution in [3.05, 3.63) is 23.8 Å². The lowest BCUT2D eigenvalue weighted by Gasteiger charge is -2.12. The third-order valence-electron chi connectivity index (χ3n) is 2.84. The molecule has 1 unspecified atom stereocenters. The summed E-state index contributed by atoms with van der Waals surface area (Å²) in [6.45, 7) is 6.24. The fourth-order valence-corrected chi connectivity index (χ4v) is 1.87. The van der Waals surface area contributed by atoms with Gasteiger partial charge in [0.1, 0.15) is 0 Å². The maximum Gasteiger partial charge on any atom is 0.220 e. The summed E-state index contributed by atoms with van der Waals surface area (Å²) in [6.07, 6.45) is -1.54. The van der Waals surface area contributed by atoms with E-state index in [0.29, 0.717) is 31.1 Å². The predicted molar refractivity (Wildman–Crippen MR) is 77.9 cm³/mol. The van der Waals surface area contributed by atoms with Gasteiger partial charge in [0.25, 0.3) is 0 Å². The van der Waals surface area contributed by atoms with Crippen molar-refractivity contribution in [3.8, 4) is 11.5 Å². The Hall–Kier alpha value is -1.91. The van der Waals surface area contributed by atoms with Gasteiger partial charge in [0.2, 0.25) is 12.0 Å². The van der Waals surface area contributed by atoms with Gasteiger partial charge in [0.15, 0.2) is 17.3 Å². The molecule has 0 heterocycles. The van der Waals surface area contributed by atoms with Gasteiger partial charge < -0.3 is 9.47 Å². The molecule has 0 saturated heterocycles. The lowest BCUT2D eigenvalue weighted by atomic mass is 10.0. The van der Waals surface area contributed by atoms with E-state index in [4.69, 9.17) is 9.47 Å². The molecule has 116 valence electrons. The standard InChI is InChI=1S/C16H21FO4/c1-4-7-12(18)15(17)16(19)11-8-9-13(20-5-2)14(10-11)21-6-3/h8-10,15H,4-7H2,1-3H3. The van der Waals surface area contributed by atoms with Crippen LogP contribution in [0.3, 0.4) is 0 Å². The zero-order valence-electron chi connectivity index (χ0n) is 12.6. The number of halogens is 1. The average molecular weight is 296 g/mol. The Morgan fingerprint density at radius 1 is 1.10 bits per heavy atom. The van der Waals surface area contributed by atoms with Gasteiger partial charge in [-0.2, -0.15) is 0 Å². The molecule has 1 aromatic carbocycles. The van der Waals surface area contributed by atoms with Crippen LogP contribution in [-0.4, -0.2) is 31.0 Å². The summed E-state index contributed by atoms with van der Waals surface area (Å²) in [5.74, 6) is -0.654. The van der Waals surface area contributed by atoms with E-state index in [-0.39, 0.29) is 12.0 Å². The van der Waals surface area contributed by atoms with E-state index in [9.17, 15) is 14.0 Å². The largest absolute Gasteiger partial charge is 0.490 e. The van der Waals surface area contributed by atoms with Crippen molar-refractivity contribution in [2.24, 2.45) is 0 Å². The van der Waals surface area contributed by atoms with Crippen molar-refractivity contribution in [2.75, 3.05) is 13.2 Å². The van der Waals surface area contributed by atoms with Crippen molar-refractivity contribution in [1.82, 2.24) is 0 Å². The van der Waals surface area contributed by atoms with Gasteiger partial charge in [0.05, 0.1) is 13.2 Å². The maximum absolute atomic E-state index is 13.9. The molecule has 21 heavy (non-hydrogen) atoms. The second-order valence-corrected chi connectivity index (χ2v) is 4.47. The topological polar surface area (TPSA) is 52.6 Å². The van der Waals surface area contributed by atoms with Crippen LogP contribution >= 0.6 is 0 Å². The van der Waals surface area contributed by atoms with Crippen molar-refractivity contribution in [2.45, 2.75) is 39.8 Å². The van der Waals surface area contributed by atoms with Crippen LogP contribution in [0, 0.1) is 0 Å². The molecule has 1 atom stereocenters. The molecule has 0 fully saturated rings. The van der Waals surface area contributed by atoms with Gasteiger partial charge in [-0.3, -0.25) is 9.59 Å². The third-order valence-corrected chi connectivity index (χ3v) is 2.84. The van der Waals surface area contributed by atoms with Gasteiger partial charge in [-0.25, -0.2) is 4.39 Å². The molecule has 0 spiro atoms. The number of carbonyl (C=O) groups is 2. The number of hydrogen-bond donors (Lipinski definition) is 0. The fourth-order valence-electron chi connectivity index (χ4n) is 1.87. The average Bonchev–Trinajstić information content (AvgIpc) is 2.48. The highest BCUT2D eigenvalue weighted by molar-refractivity contribution is 6.13. The van der Waals surface area contributed by atoms with E-state index < -0.39 is 17.7 Å². The predicted octanol–water partition coefficient (Wildman–Crippen LogP) is 3.37. The summed E-state index contributed by atoms with van der Waals surface area (Å²) in [7, 11) is 0. The highest BCUT2D eigenvalue weighted by Crippen LogP contribution is 2.29. The highest BCUT2D eigenvalue weighted by Gasteiger charge is 2.27. The van der Waals surface area contributed by atoms with E-state index >= 15 is 0 Å². The van der Waals surface area contributed by atoms with E-state index in [1.54, 1.807) is 19.9 Å². The molecule has 0 aliphatic rings. The first-order valence-corrected chi connectivity index (χ1v) is 7.15. The first-order chi connectivity index (χ1) is 10.0. The summed E-state index contributed by atoms with van der Waals surface area (Å²) in [4.78, 5) is 23.5. The Bertz CT molecular complexity index is 499. The molecular weight excluding hydrogens is 275 g/mol. The number of carbonyl (C=O) groups excluding carboxylic acids is 2. The summed E-state index contributed by atoms with van der Waals surface area (Å²) < 4.78 is 24.6. The van der Waals surface area contributed by atoms with Crippen LogP contribution in [0.5, 0.6) is 11.5 Å². The van der Waals surface area contributed by atoms with Gasteiger partial charge in [-0.1, -0.05) is 6.92 Å². The van der Waals surface area contributed by atoms with E-state index in [2.05, 4.69) is 0 Å². The number of rotatable bonds is 9. The lowest BCUT2D eigenvalue weighted by Crippen LogP contribution is -2.25.